The lowest BCUT2D eigenvalue weighted by atomic mass is 9.96. The van der Waals surface area contributed by atoms with Crippen LogP contribution in [0.25, 0.3) is 0 Å². The van der Waals surface area contributed by atoms with Gasteiger partial charge in [0.25, 0.3) is 0 Å². The average Bonchev–Trinajstić information content (AvgIpc) is 2.85. The molecule has 2 saturated heterocycles. The van der Waals surface area contributed by atoms with Crippen molar-refractivity contribution in [2.24, 2.45) is 5.92 Å². The van der Waals surface area contributed by atoms with E-state index in [1.165, 1.54) is 24.3 Å². The summed E-state index contributed by atoms with van der Waals surface area (Å²) in [5.74, 6) is 0.0717. The Labute approximate surface area is 201 Å². The van der Waals surface area contributed by atoms with E-state index in [1.807, 2.05) is 4.90 Å². The highest BCUT2D eigenvalue weighted by Crippen LogP contribution is 2.30. The van der Waals surface area contributed by atoms with Crippen LogP contribution in [0.15, 0.2) is 48.5 Å². The van der Waals surface area contributed by atoms with Gasteiger partial charge in [0.15, 0.2) is 0 Å². The lowest BCUT2D eigenvalue weighted by Gasteiger charge is -2.42. The van der Waals surface area contributed by atoms with E-state index in [0.717, 1.165) is 30.6 Å². The normalized spacial score (nSPS) is 19.1. The summed E-state index contributed by atoms with van der Waals surface area (Å²) in [4.78, 5) is 20.1. The monoisotopic (exact) mass is 471 g/mol. The van der Waals surface area contributed by atoms with Gasteiger partial charge in [0.1, 0.15) is 11.6 Å². The number of rotatable bonds is 7. The Kier molecular flexibility index (Phi) is 8.29. The molecule has 0 aliphatic carbocycles. The SMILES string of the molecule is CC(C)CC(C(=O)N1CCN(C(c2ccc(F)cc2)c2ccc(F)cc2)CC1)N1CCOCC1. The van der Waals surface area contributed by atoms with E-state index >= 15 is 0 Å². The van der Waals surface area contributed by atoms with Crippen molar-refractivity contribution < 1.29 is 18.3 Å². The Morgan fingerprint density at radius 1 is 0.794 bits per heavy atom. The molecule has 4 rings (SSSR count). The van der Waals surface area contributed by atoms with Crippen molar-refractivity contribution in [3.63, 3.8) is 0 Å². The lowest BCUT2D eigenvalue weighted by Crippen LogP contribution is -2.57. The molecule has 7 heteroatoms. The highest BCUT2D eigenvalue weighted by Gasteiger charge is 2.34. The van der Waals surface area contributed by atoms with Crippen LogP contribution < -0.4 is 0 Å². The van der Waals surface area contributed by atoms with Crippen molar-refractivity contribution in [2.75, 3.05) is 52.5 Å². The van der Waals surface area contributed by atoms with Crippen LogP contribution in [-0.4, -0.2) is 79.1 Å². The number of morpholine rings is 1. The second-order valence-corrected chi connectivity index (χ2v) is 9.66. The molecule has 2 aromatic rings. The summed E-state index contributed by atoms with van der Waals surface area (Å²) in [7, 11) is 0. The molecule has 2 aliphatic rings. The van der Waals surface area contributed by atoms with Gasteiger partial charge in [0.2, 0.25) is 5.91 Å². The minimum absolute atomic E-state index is 0.111. The zero-order chi connectivity index (χ0) is 24.1. The first-order chi connectivity index (χ1) is 16.4. The van der Waals surface area contributed by atoms with Crippen LogP contribution >= 0.6 is 0 Å². The van der Waals surface area contributed by atoms with Crippen LogP contribution in [0, 0.1) is 17.6 Å². The smallest absolute Gasteiger partial charge is 0.240 e. The zero-order valence-corrected chi connectivity index (χ0v) is 20.1. The highest BCUT2D eigenvalue weighted by atomic mass is 19.1. The molecule has 2 aliphatic heterocycles. The van der Waals surface area contributed by atoms with Gasteiger partial charge < -0.3 is 9.64 Å². The van der Waals surface area contributed by atoms with E-state index in [1.54, 1.807) is 24.3 Å². The quantitative estimate of drug-likeness (QED) is 0.613. The van der Waals surface area contributed by atoms with Crippen molar-refractivity contribution in [1.29, 1.82) is 0 Å². The standard InChI is InChI=1S/C27H35F2N3O2/c1-20(2)19-25(30-15-17-34-18-16-30)27(33)32-13-11-31(12-14-32)26(21-3-7-23(28)8-4-21)22-5-9-24(29)10-6-22/h3-10,20,25-26H,11-19H2,1-2H3. The summed E-state index contributed by atoms with van der Waals surface area (Å²) < 4.78 is 32.7. The first-order valence-corrected chi connectivity index (χ1v) is 12.3. The maximum absolute atomic E-state index is 13.6. The summed E-state index contributed by atoms with van der Waals surface area (Å²) in [5.41, 5.74) is 1.91. The van der Waals surface area contributed by atoms with E-state index in [2.05, 4.69) is 23.6 Å². The fourth-order valence-electron chi connectivity index (χ4n) is 5.06. The van der Waals surface area contributed by atoms with Crippen LogP contribution in [0.4, 0.5) is 8.78 Å². The number of halogens is 2. The number of hydrogen-bond acceptors (Lipinski definition) is 4. The summed E-state index contributed by atoms with van der Waals surface area (Å²) >= 11 is 0. The third-order valence-corrected chi connectivity index (χ3v) is 6.83. The van der Waals surface area contributed by atoms with Gasteiger partial charge in [-0.25, -0.2) is 8.78 Å². The number of ether oxygens (including phenoxy) is 1. The van der Waals surface area contributed by atoms with Gasteiger partial charge >= 0.3 is 0 Å². The third-order valence-electron chi connectivity index (χ3n) is 6.83. The fraction of sp³-hybridized carbons (Fsp3) is 0.519. The molecule has 2 aromatic carbocycles. The number of benzene rings is 2. The lowest BCUT2D eigenvalue weighted by molar-refractivity contribution is -0.141. The molecule has 2 fully saturated rings. The molecule has 0 N–H and O–H groups in total. The number of nitrogens with zero attached hydrogens (tertiary/aromatic N) is 3. The van der Waals surface area contributed by atoms with Crippen molar-refractivity contribution >= 4 is 5.91 Å². The summed E-state index contributed by atoms with van der Waals surface area (Å²) in [6, 6.07) is 12.8. The molecule has 1 atom stereocenters. The molecule has 0 spiro atoms. The number of piperazine rings is 1. The van der Waals surface area contributed by atoms with Crippen molar-refractivity contribution in [3.8, 4) is 0 Å². The van der Waals surface area contributed by atoms with Crippen LogP contribution in [0.5, 0.6) is 0 Å². The molecule has 184 valence electrons. The topological polar surface area (TPSA) is 36.0 Å². The predicted octanol–water partition coefficient (Wildman–Crippen LogP) is 3.95. The molecule has 2 heterocycles. The first kappa shape index (κ1) is 24.8. The van der Waals surface area contributed by atoms with Crippen molar-refractivity contribution in [3.05, 3.63) is 71.3 Å². The average molecular weight is 472 g/mol. The molecule has 0 bridgehead atoms. The van der Waals surface area contributed by atoms with Crippen molar-refractivity contribution in [1.82, 2.24) is 14.7 Å². The Morgan fingerprint density at radius 2 is 1.29 bits per heavy atom. The highest BCUT2D eigenvalue weighted by molar-refractivity contribution is 5.82. The number of carbonyl (C=O) groups excluding carboxylic acids is 1. The van der Waals surface area contributed by atoms with E-state index < -0.39 is 0 Å². The second-order valence-electron chi connectivity index (χ2n) is 9.66. The van der Waals surface area contributed by atoms with Crippen LogP contribution in [0.2, 0.25) is 0 Å². The molecule has 5 nitrogen and oxygen atoms in total. The van der Waals surface area contributed by atoms with Crippen molar-refractivity contribution in [2.45, 2.75) is 32.4 Å². The molecule has 0 saturated carbocycles. The van der Waals surface area contributed by atoms with Crippen LogP contribution in [0.3, 0.4) is 0 Å². The molecular formula is C27H35F2N3O2. The Hall–Kier alpha value is -2.35. The van der Waals surface area contributed by atoms with Gasteiger partial charge in [0.05, 0.1) is 25.3 Å². The summed E-state index contributed by atoms with van der Waals surface area (Å²) in [6.45, 7) is 9.92. The molecule has 0 aromatic heterocycles. The number of hydrogen-bond donors (Lipinski definition) is 0. The minimum Gasteiger partial charge on any atom is -0.379 e. The molecule has 1 amide bonds. The fourth-order valence-corrected chi connectivity index (χ4v) is 5.06. The minimum atomic E-state index is -0.281. The van der Waals surface area contributed by atoms with Gasteiger partial charge in [-0.05, 0) is 47.7 Å². The number of carbonyl (C=O) groups is 1. The Bertz CT molecular complexity index is 876. The first-order valence-electron chi connectivity index (χ1n) is 12.3. The van der Waals surface area contributed by atoms with E-state index in [0.29, 0.717) is 45.3 Å². The second kappa shape index (κ2) is 11.4. The molecule has 0 radical (unpaired) electrons. The van der Waals surface area contributed by atoms with Gasteiger partial charge in [-0.15, -0.1) is 0 Å². The predicted molar refractivity (Wildman–Crippen MR) is 128 cm³/mol. The maximum Gasteiger partial charge on any atom is 0.240 e. The third kappa shape index (κ3) is 6.01. The van der Waals surface area contributed by atoms with E-state index in [4.69, 9.17) is 4.74 Å². The van der Waals surface area contributed by atoms with Gasteiger partial charge in [0, 0.05) is 39.3 Å². The van der Waals surface area contributed by atoms with Gasteiger partial charge in [-0.3, -0.25) is 14.6 Å². The molecule has 1 unspecified atom stereocenters. The summed E-state index contributed by atoms with van der Waals surface area (Å²) in [6.07, 6.45) is 0.840. The Balaban J connectivity index is 1.48. The van der Waals surface area contributed by atoms with Gasteiger partial charge in [-0.1, -0.05) is 38.1 Å². The number of amides is 1. The molecule has 34 heavy (non-hydrogen) atoms. The van der Waals surface area contributed by atoms with E-state index in [9.17, 15) is 13.6 Å². The zero-order valence-electron chi connectivity index (χ0n) is 20.1. The maximum atomic E-state index is 13.6. The van der Waals surface area contributed by atoms with Crippen LogP contribution in [0.1, 0.15) is 37.4 Å². The molecular weight excluding hydrogens is 436 g/mol. The van der Waals surface area contributed by atoms with E-state index in [-0.39, 0.29) is 29.6 Å². The Morgan fingerprint density at radius 3 is 1.76 bits per heavy atom. The largest absolute Gasteiger partial charge is 0.379 e. The summed E-state index contributed by atoms with van der Waals surface area (Å²) in [5, 5.41) is 0. The van der Waals surface area contributed by atoms with Gasteiger partial charge in [-0.2, -0.15) is 0 Å². The van der Waals surface area contributed by atoms with Crippen LogP contribution in [-0.2, 0) is 9.53 Å².